The Bertz CT molecular complexity index is 562. The number of hydrogen-bond acceptors (Lipinski definition) is 4. The highest BCUT2D eigenvalue weighted by Crippen LogP contribution is 2.29. The third-order valence-corrected chi connectivity index (χ3v) is 3.71. The summed E-state index contributed by atoms with van der Waals surface area (Å²) in [5, 5.41) is 10.6. The summed E-state index contributed by atoms with van der Waals surface area (Å²) in [5.41, 5.74) is 8.32. The van der Waals surface area contributed by atoms with Crippen molar-refractivity contribution in [2.45, 2.75) is 13.3 Å². The van der Waals surface area contributed by atoms with Crippen LogP contribution in [0.25, 0.3) is 0 Å². The lowest BCUT2D eigenvalue weighted by Gasteiger charge is -2.19. The number of para-hydroxylation sites is 1. The van der Waals surface area contributed by atoms with Crippen molar-refractivity contribution in [2.75, 3.05) is 11.9 Å². The Kier molecular flexibility index (Phi) is 3.62. The zero-order valence-electron chi connectivity index (χ0n) is 10.5. The number of anilines is 2. The molecule has 0 radical (unpaired) electrons. The summed E-state index contributed by atoms with van der Waals surface area (Å²) < 4.78 is 0. The van der Waals surface area contributed by atoms with E-state index in [4.69, 9.17) is 11.1 Å². The predicted octanol–water partition coefficient (Wildman–Crippen LogP) is 2.76. The SMILES string of the molecule is CCc1csc(N(C)c2ccccc2C(=N)N)n1. The number of nitrogens with two attached hydrogens (primary N) is 1. The van der Waals surface area contributed by atoms with Crippen molar-refractivity contribution in [2.24, 2.45) is 5.73 Å². The lowest BCUT2D eigenvalue weighted by molar-refractivity contribution is 1.04. The fourth-order valence-electron chi connectivity index (χ4n) is 1.71. The van der Waals surface area contributed by atoms with Gasteiger partial charge >= 0.3 is 0 Å². The van der Waals surface area contributed by atoms with E-state index >= 15 is 0 Å². The van der Waals surface area contributed by atoms with Gasteiger partial charge in [0.2, 0.25) is 0 Å². The van der Waals surface area contributed by atoms with Crippen LogP contribution in [0.5, 0.6) is 0 Å². The molecule has 0 saturated heterocycles. The van der Waals surface area contributed by atoms with Crippen molar-refractivity contribution < 1.29 is 0 Å². The van der Waals surface area contributed by atoms with Gasteiger partial charge in [-0.15, -0.1) is 11.3 Å². The zero-order valence-corrected chi connectivity index (χ0v) is 11.3. The van der Waals surface area contributed by atoms with Crippen molar-refractivity contribution >= 4 is 28.0 Å². The monoisotopic (exact) mass is 260 g/mol. The summed E-state index contributed by atoms with van der Waals surface area (Å²) in [6.45, 7) is 2.09. The first-order valence-electron chi connectivity index (χ1n) is 5.75. The van der Waals surface area contributed by atoms with E-state index in [2.05, 4.69) is 17.3 Å². The van der Waals surface area contributed by atoms with Crippen LogP contribution in [0.15, 0.2) is 29.6 Å². The minimum absolute atomic E-state index is 0.0738. The van der Waals surface area contributed by atoms with Gasteiger partial charge in [0.25, 0.3) is 0 Å². The predicted molar refractivity (Wildman–Crippen MR) is 77.0 cm³/mol. The molecule has 0 atom stereocenters. The molecule has 0 aliphatic heterocycles. The van der Waals surface area contributed by atoms with Crippen molar-refractivity contribution in [3.05, 3.63) is 40.9 Å². The zero-order chi connectivity index (χ0) is 13.1. The number of thiazole rings is 1. The Balaban J connectivity index is 2.39. The van der Waals surface area contributed by atoms with Gasteiger partial charge in [-0.25, -0.2) is 4.98 Å². The molecule has 0 saturated carbocycles. The Hall–Kier alpha value is -1.88. The summed E-state index contributed by atoms with van der Waals surface area (Å²) in [6, 6.07) is 7.62. The van der Waals surface area contributed by atoms with Gasteiger partial charge in [0.15, 0.2) is 5.13 Å². The third-order valence-electron chi connectivity index (χ3n) is 2.74. The highest BCUT2D eigenvalue weighted by Gasteiger charge is 2.13. The van der Waals surface area contributed by atoms with Gasteiger partial charge in [0.1, 0.15) is 5.84 Å². The molecule has 0 fully saturated rings. The number of aryl methyl sites for hydroxylation is 1. The fraction of sp³-hybridized carbons (Fsp3) is 0.231. The first-order valence-corrected chi connectivity index (χ1v) is 6.63. The van der Waals surface area contributed by atoms with Crippen molar-refractivity contribution in [1.29, 1.82) is 5.41 Å². The smallest absolute Gasteiger partial charge is 0.189 e. The average Bonchev–Trinajstić information content (AvgIpc) is 2.86. The van der Waals surface area contributed by atoms with Crippen LogP contribution in [-0.2, 0) is 6.42 Å². The van der Waals surface area contributed by atoms with E-state index in [9.17, 15) is 0 Å². The highest BCUT2D eigenvalue weighted by atomic mass is 32.1. The molecule has 0 spiro atoms. The molecule has 0 aliphatic rings. The lowest BCUT2D eigenvalue weighted by atomic mass is 10.1. The molecule has 1 heterocycles. The summed E-state index contributed by atoms with van der Waals surface area (Å²) in [6.07, 6.45) is 0.929. The summed E-state index contributed by atoms with van der Waals surface area (Å²) in [5.74, 6) is 0.0738. The quantitative estimate of drug-likeness (QED) is 0.656. The van der Waals surface area contributed by atoms with Crippen molar-refractivity contribution in [3.63, 3.8) is 0 Å². The highest BCUT2D eigenvalue weighted by molar-refractivity contribution is 7.13. The van der Waals surface area contributed by atoms with Gasteiger partial charge in [-0.1, -0.05) is 19.1 Å². The van der Waals surface area contributed by atoms with Gasteiger partial charge in [0, 0.05) is 18.0 Å². The Morgan fingerprint density at radius 1 is 1.44 bits per heavy atom. The van der Waals surface area contributed by atoms with E-state index in [1.807, 2.05) is 36.2 Å². The standard InChI is InChI=1S/C13H16N4S/c1-3-9-8-18-13(16-9)17(2)11-7-5-4-6-10(11)12(14)15/h4-8H,3H2,1-2H3,(H3,14,15). The maximum Gasteiger partial charge on any atom is 0.189 e. The van der Waals surface area contributed by atoms with Gasteiger partial charge in [-0.3, -0.25) is 5.41 Å². The minimum atomic E-state index is 0.0738. The Morgan fingerprint density at radius 3 is 2.78 bits per heavy atom. The molecule has 0 bridgehead atoms. The van der Waals surface area contributed by atoms with E-state index in [0.29, 0.717) is 0 Å². The summed E-state index contributed by atoms with van der Waals surface area (Å²) >= 11 is 1.60. The van der Waals surface area contributed by atoms with Crippen LogP contribution in [0.1, 0.15) is 18.2 Å². The number of nitrogens with zero attached hydrogens (tertiary/aromatic N) is 2. The summed E-state index contributed by atoms with van der Waals surface area (Å²) in [4.78, 5) is 6.51. The number of hydrogen-bond donors (Lipinski definition) is 2. The molecule has 1 aromatic heterocycles. The molecule has 0 amide bonds. The number of aromatic nitrogens is 1. The van der Waals surface area contributed by atoms with Gasteiger partial charge in [0.05, 0.1) is 11.4 Å². The van der Waals surface area contributed by atoms with Crippen LogP contribution < -0.4 is 10.6 Å². The van der Waals surface area contributed by atoms with Crippen LogP contribution in [0.2, 0.25) is 0 Å². The topological polar surface area (TPSA) is 66.0 Å². The minimum Gasteiger partial charge on any atom is -0.384 e. The number of benzene rings is 1. The molecule has 1 aromatic carbocycles. The molecule has 5 heteroatoms. The second-order valence-electron chi connectivity index (χ2n) is 3.96. The van der Waals surface area contributed by atoms with Crippen molar-refractivity contribution in [1.82, 2.24) is 4.98 Å². The number of nitrogen functional groups attached to an aromatic ring is 1. The Labute approximate surface area is 111 Å². The summed E-state index contributed by atoms with van der Waals surface area (Å²) in [7, 11) is 1.94. The maximum atomic E-state index is 7.61. The number of rotatable bonds is 4. The van der Waals surface area contributed by atoms with E-state index in [1.54, 1.807) is 11.3 Å². The van der Waals surface area contributed by atoms with Crippen LogP contribution >= 0.6 is 11.3 Å². The van der Waals surface area contributed by atoms with E-state index in [1.165, 1.54) is 0 Å². The normalized spacial score (nSPS) is 10.3. The molecule has 3 N–H and O–H groups in total. The third kappa shape index (κ3) is 2.36. The van der Waals surface area contributed by atoms with E-state index in [0.717, 1.165) is 28.5 Å². The number of amidine groups is 1. The lowest BCUT2D eigenvalue weighted by Crippen LogP contribution is -2.18. The first kappa shape index (κ1) is 12.6. The van der Waals surface area contributed by atoms with Crippen LogP contribution in [-0.4, -0.2) is 17.9 Å². The number of nitrogens with one attached hydrogen (secondary N) is 1. The average molecular weight is 260 g/mol. The molecular weight excluding hydrogens is 244 g/mol. The van der Waals surface area contributed by atoms with Gasteiger partial charge in [-0.05, 0) is 18.6 Å². The molecule has 4 nitrogen and oxygen atoms in total. The first-order chi connectivity index (χ1) is 8.63. The Morgan fingerprint density at radius 2 is 2.17 bits per heavy atom. The second-order valence-corrected chi connectivity index (χ2v) is 4.80. The van der Waals surface area contributed by atoms with Crippen LogP contribution in [0.3, 0.4) is 0 Å². The van der Waals surface area contributed by atoms with Gasteiger partial charge < -0.3 is 10.6 Å². The largest absolute Gasteiger partial charge is 0.384 e. The van der Waals surface area contributed by atoms with Crippen LogP contribution in [0, 0.1) is 5.41 Å². The molecule has 2 rings (SSSR count). The second kappa shape index (κ2) is 5.18. The molecule has 0 unspecified atom stereocenters. The molecular formula is C13H16N4S. The molecule has 0 aliphatic carbocycles. The van der Waals surface area contributed by atoms with Crippen LogP contribution in [0.4, 0.5) is 10.8 Å². The van der Waals surface area contributed by atoms with E-state index < -0.39 is 0 Å². The molecule has 2 aromatic rings. The molecule has 94 valence electrons. The molecule has 18 heavy (non-hydrogen) atoms. The maximum absolute atomic E-state index is 7.61. The van der Waals surface area contributed by atoms with E-state index in [-0.39, 0.29) is 5.84 Å². The van der Waals surface area contributed by atoms with Crippen molar-refractivity contribution in [3.8, 4) is 0 Å². The van der Waals surface area contributed by atoms with Gasteiger partial charge in [-0.2, -0.15) is 0 Å². The fourth-order valence-corrected chi connectivity index (χ4v) is 2.60.